The fourth-order valence-electron chi connectivity index (χ4n) is 2.90. The van der Waals surface area contributed by atoms with Gasteiger partial charge >= 0.3 is 0 Å². The van der Waals surface area contributed by atoms with Gasteiger partial charge in [-0.1, -0.05) is 87.2 Å². The van der Waals surface area contributed by atoms with Crippen molar-refractivity contribution in [3.05, 3.63) is 71.3 Å². The molecule has 0 aromatic heterocycles. The quantitative estimate of drug-likeness (QED) is 0.279. The van der Waals surface area contributed by atoms with Crippen LogP contribution >= 0.6 is 0 Å². The topological polar surface area (TPSA) is 46.5 Å². The fourth-order valence-corrected chi connectivity index (χ4v) is 2.90. The maximum atomic E-state index is 12.7. The maximum Gasteiger partial charge on any atom is 0.193 e. The van der Waals surface area contributed by atoms with Gasteiger partial charge in [-0.25, -0.2) is 4.89 Å². The molecule has 0 bridgehead atoms. The van der Waals surface area contributed by atoms with Crippen LogP contribution < -0.4 is 0 Å². The molecule has 0 aliphatic carbocycles. The van der Waals surface area contributed by atoms with Crippen LogP contribution in [0.3, 0.4) is 0 Å². The van der Waals surface area contributed by atoms with Gasteiger partial charge in [0.2, 0.25) is 0 Å². The first-order valence-electron chi connectivity index (χ1n) is 8.74. The highest BCUT2D eigenvalue weighted by Crippen LogP contribution is 2.19. The van der Waals surface area contributed by atoms with E-state index >= 15 is 0 Å². The van der Waals surface area contributed by atoms with Crippen molar-refractivity contribution >= 4 is 5.78 Å². The van der Waals surface area contributed by atoms with E-state index in [1.54, 1.807) is 0 Å². The van der Waals surface area contributed by atoms with E-state index in [1.807, 2.05) is 54.6 Å². The van der Waals surface area contributed by atoms with Gasteiger partial charge < -0.3 is 0 Å². The monoisotopic (exact) mass is 326 g/mol. The fraction of sp³-hybridized carbons (Fsp3) is 0.381. The number of carbonyl (C=O) groups excluding carboxylic acids is 1. The van der Waals surface area contributed by atoms with E-state index in [2.05, 4.69) is 11.8 Å². The molecule has 24 heavy (non-hydrogen) atoms. The minimum atomic E-state index is -0.272. The van der Waals surface area contributed by atoms with Crippen molar-refractivity contribution in [1.82, 2.24) is 0 Å². The smallest absolute Gasteiger partial charge is 0.193 e. The predicted molar refractivity (Wildman–Crippen MR) is 96.3 cm³/mol. The number of hydrogen-bond acceptors (Lipinski definition) is 3. The second-order valence-corrected chi connectivity index (χ2v) is 6.13. The summed E-state index contributed by atoms with van der Waals surface area (Å²) in [4.78, 5) is 17.4. The molecule has 0 fully saturated rings. The Morgan fingerprint density at radius 1 is 1.00 bits per heavy atom. The molecule has 3 nitrogen and oxygen atoms in total. The van der Waals surface area contributed by atoms with E-state index in [9.17, 15) is 10.1 Å². The molecule has 0 saturated carbocycles. The van der Waals surface area contributed by atoms with Crippen LogP contribution in [0.25, 0.3) is 0 Å². The molecular weight excluding hydrogens is 300 g/mol. The van der Waals surface area contributed by atoms with Crippen LogP contribution in [0.4, 0.5) is 0 Å². The summed E-state index contributed by atoms with van der Waals surface area (Å²) in [7, 11) is 0. The summed E-state index contributed by atoms with van der Waals surface area (Å²) < 4.78 is 0. The van der Waals surface area contributed by atoms with Crippen molar-refractivity contribution in [3.63, 3.8) is 0 Å². The van der Waals surface area contributed by atoms with E-state index in [0.29, 0.717) is 17.5 Å². The Labute approximate surface area is 144 Å². The van der Waals surface area contributed by atoms with Crippen molar-refractivity contribution in [2.45, 2.75) is 51.6 Å². The predicted octanol–water partition coefficient (Wildman–Crippen LogP) is 5.29. The molecular formula is C21H26O3. The summed E-state index contributed by atoms with van der Waals surface area (Å²) >= 11 is 0. The van der Waals surface area contributed by atoms with Gasteiger partial charge in [0.15, 0.2) is 5.78 Å². The highest BCUT2D eigenvalue weighted by atomic mass is 17.1. The Kier molecular flexibility index (Phi) is 7.66. The van der Waals surface area contributed by atoms with Gasteiger partial charge in [-0.3, -0.25) is 10.1 Å². The van der Waals surface area contributed by atoms with Crippen LogP contribution in [0.15, 0.2) is 54.6 Å². The highest BCUT2D eigenvalue weighted by molar-refractivity contribution is 6.09. The first-order valence-corrected chi connectivity index (χ1v) is 8.74. The number of unbranched alkanes of at least 4 members (excludes halogenated alkanes) is 3. The lowest BCUT2D eigenvalue weighted by Gasteiger charge is -2.15. The summed E-state index contributed by atoms with van der Waals surface area (Å²) in [5.74, 6) is 0.00822. The lowest BCUT2D eigenvalue weighted by atomic mass is 9.94. The lowest BCUT2D eigenvalue weighted by Crippen LogP contribution is -2.17. The SMILES string of the molecule is CCCCCCC(Cc1ccccc1C(=O)c1ccccc1)OO. The highest BCUT2D eigenvalue weighted by Gasteiger charge is 2.17. The van der Waals surface area contributed by atoms with Gasteiger partial charge in [-0.15, -0.1) is 0 Å². The van der Waals surface area contributed by atoms with E-state index in [0.717, 1.165) is 24.8 Å². The second kappa shape index (κ2) is 10.0. The average Bonchev–Trinajstić information content (AvgIpc) is 2.64. The first-order chi connectivity index (χ1) is 11.8. The van der Waals surface area contributed by atoms with Crippen LogP contribution in [0.1, 0.15) is 60.5 Å². The van der Waals surface area contributed by atoms with Crippen LogP contribution in [0.2, 0.25) is 0 Å². The molecule has 2 aromatic carbocycles. The van der Waals surface area contributed by atoms with Crippen LogP contribution in [0, 0.1) is 0 Å². The third-order valence-corrected chi connectivity index (χ3v) is 4.27. The van der Waals surface area contributed by atoms with Crippen molar-refractivity contribution < 1.29 is 14.9 Å². The second-order valence-electron chi connectivity index (χ2n) is 6.13. The Balaban J connectivity index is 2.09. The summed E-state index contributed by atoms with van der Waals surface area (Å²) in [6.07, 6.45) is 5.60. The summed E-state index contributed by atoms with van der Waals surface area (Å²) in [6.45, 7) is 2.17. The van der Waals surface area contributed by atoms with Crippen LogP contribution in [-0.2, 0) is 11.3 Å². The first kappa shape index (κ1) is 18.4. The molecule has 0 saturated heterocycles. The van der Waals surface area contributed by atoms with E-state index in [1.165, 1.54) is 12.8 Å². The van der Waals surface area contributed by atoms with E-state index in [4.69, 9.17) is 0 Å². The third kappa shape index (κ3) is 5.29. The Bertz CT molecular complexity index is 622. The van der Waals surface area contributed by atoms with Gasteiger partial charge in [-0.2, -0.15) is 0 Å². The van der Waals surface area contributed by atoms with Gasteiger partial charge in [0.25, 0.3) is 0 Å². The zero-order chi connectivity index (χ0) is 17.2. The van der Waals surface area contributed by atoms with Crippen molar-refractivity contribution in [2.24, 2.45) is 0 Å². The molecule has 2 rings (SSSR count). The number of rotatable bonds is 10. The Morgan fingerprint density at radius 2 is 1.71 bits per heavy atom. The van der Waals surface area contributed by atoms with Gasteiger partial charge in [0, 0.05) is 17.5 Å². The average molecular weight is 326 g/mol. The minimum absolute atomic E-state index is 0.00822. The number of ketones is 1. The molecule has 2 aromatic rings. The zero-order valence-electron chi connectivity index (χ0n) is 14.3. The molecule has 3 heteroatoms. The van der Waals surface area contributed by atoms with Crippen molar-refractivity contribution in [2.75, 3.05) is 0 Å². The molecule has 1 N–H and O–H groups in total. The molecule has 0 amide bonds. The largest absolute Gasteiger partial charge is 0.289 e. The summed E-state index contributed by atoms with van der Waals surface area (Å²) in [5.41, 5.74) is 2.27. The minimum Gasteiger partial charge on any atom is -0.289 e. The Hall–Kier alpha value is -1.97. The molecule has 0 heterocycles. The summed E-state index contributed by atoms with van der Waals surface area (Å²) in [6, 6.07) is 16.8. The van der Waals surface area contributed by atoms with Gasteiger partial charge in [0.05, 0.1) is 6.10 Å². The van der Waals surface area contributed by atoms with E-state index in [-0.39, 0.29) is 11.9 Å². The normalized spacial score (nSPS) is 12.1. The molecule has 1 atom stereocenters. The molecule has 1 unspecified atom stereocenters. The molecule has 0 radical (unpaired) electrons. The van der Waals surface area contributed by atoms with Crippen molar-refractivity contribution in [3.8, 4) is 0 Å². The summed E-state index contributed by atoms with van der Waals surface area (Å²) in [5, 5.41) is 9.21. The maximum absolute atomic E-state index is 12.7. The van der Waals surface area contributed by atoms with Gasteiger partial charge in [-0.05, 0) is 12.0 Å². The molecule has 0 spiro atoms. The zero-order valence-corrected chi connectivity index (χ0v) is 14.3. The molecule has 0 aliphatic rings. The van der Waals surface area contributed by atoms with Crippen molar-refractivity contribution in [1.29, 1.82) is 0 Å². The Morgan fingerprint density at radius 3 is 2.42 bits per heavy atom. The van der Waals surface area contributed by atoms with E-state index < -0.39 is 0 Å². The van der Waals surface area contributed by atoms with Crippen LogP contribution in [-0.4, -0.2) is 17.1 Å². The number of benzene rings is 2. The number of carbonyl (C=O) groups is 1. The third-order valence-electron chi connectivity index (χ3n) is 4.27. The standard InChI is InChI=1S/C21H26O3/c1-2-3-4-8-14-19(24-23)16-18-13-9-10-15-20(18)21(22)17-11-6-5-7-12-17/h5-7,9-13,15,19,23H,2-4,8,14,16H2,1H3. The molecule has 0 aliphatic heterocycles. The lowest BCUT2D eigenvalue weighted by molar-refractivity contribution is -0.279. The molecule has 128 valence electrons. The number of hydrogen-bond donors (Lipinski definition) is 1. The van der Waals surface area contributed by atoms with Gasteiger partial charge in [0.1, 0.15) is 0 Å². The van der Waals surface area contributed by atoms with Crippen LogP contribution in [0.5, 0.6) is 0 Å².